The number of rotatable bonds is 4. The highest BCUT2D eigenvalue weighted by Gasteiger charge is 1.98. The zero-order valence-electron chi connectivity index (χ0n) is 5.62. The molecule has 2 N–H and O–H groups in total. The Balaban J connectivity index is 3.53. The lowest BCUT2D eigenvalue weighted by atomic mass is 10.2. The SMILES string of the molecule is CCC(CCN)N=[N+]=[N-]. The molecule has 1 atom stereocenters. The smallest absolute Gasteiger partial charge is 0.0383 e. The number of azide groups is 1. The monoisotopic (exact) mass is 128 g/mol. The van der Waals surface area contributed by atoms with E-state index in [1.165, 1.54) is 0 Å². The first-order valence-electron chi connectivity index (χ1n) is 3.09. The predicted molar refractivity (Wildman–Crippen MR) is 36.9 cm³/mol. The van der Waals surface area contributed by atoms with Crippen molar-refractivity contribution >= 4 is 0 Å². The average molecular weight is 128 g/mol. The Labute approximate surface area is 54.7 Å². The molecular weight excluding hydrogens is 116 g/mol. The molecule has 0 amide bonds. The summed E-state index contributed by atoms with van der Waals surface area (Å²) in [5.74, 6) is 0. The normalized spacial score (nSPS) is 12.2. The molecule has 0 rings (SSSR count). The summed E-state index contributed by atoms with van der Waals surface area (Å²) in [6.45, 7) is 2.58. The third-order valence-electron chi connectivity index (χ3n) is 1.19. The van der Waals surface area contributed by atoms with E-state index in [0.717, 1.165) is 12.8 Å². The molecule has 0 heterocycles. The summed E-state index contributed by atoms with van der Waals surface area (Å²) in [6, 6.07) is 0.0972. The molecule has 0 fully saturated rings. The fourth-order valence-electron chi connectivity index (χ4n) is 0.609. The Morgan fingerprint density at radius 1 is 1.78 bits per heavy atom. The van der Waals surface area contributed by atoms with Gasteiger partial charge in [0.1, 0.15) is 0 Å². The van der Waals surface area contributed by atoms with Crippen molar-refractivity contribution in [2.24, 2.45) is 10.8 Å². The lowest BCUT2D eigenvalue weighted by Gasteiger charge is -2.02. The third-order valence-corrected chi connectivity index (χ3v) is 1.19. The summed E-state index contributed by atoms with van der Waals surface area (Å²) < 4.78 is 0. The summed E-state index contributed by atoms with van der Waals surface area (Å²) in [6.07, 6.45) is 1.67. The molecule has 4 heteroatoms. The second-order valence-electron chi connectivity index (χ2n) is 1.84. The lowest BCUT2D eigenvalue weighted by Crippen LogP contribution is -2.09. The Bertz CT molecular complexity index is 106. The predicted octanol–water partition coefficient (Wildman–Crippen LogP) is 1.42. The summed E-state index contributed by atoms with van der Waals surface area (Å²) >= 11 is 0. The maximum absolute atomic E-state index is 8.01. The van der Waals surface area contributed by atoms with Gasteiger partial charge in [0, 0.05) is 11.0 Å². The van der Waals surface area contributed by atoms with Crippen LogP contribution in [0.2, 0.25) is 0 Å². The third kappa shape index (κ3) is 3.82. The maximum atomic E-state index is 8.01. The molecule has 0 aliphatic rings. The van der Waals surface area contributed by atoms with Crippen molar-refractivity contribution in [3.63, 3.8) is 0 Å². The first-order valence-corrected chi connectivity index (χ1v) is 3.09. The van der Waals surface area contributed by atoms with Gasteiger partial charge in [-0.1, -0.05) is 12.0 Å². The minimum atomic E-state index is 0.0972. The van der Waals surface area contributed by atoms with E-state index in [9.17, 15) is 0 Å². The largest absolute Gasteiger partial charge is 0.330 e. The van der Waals surface area contributed by atoms with Gasteiger partial charge in [-0.15, -0.1) is 0 Å². The Kier molecular flexibility index (Phi) is 4.97. The number of hydrogen-bond acceptors (Lipinski definition) is 2. The van der Waals surface area contributed by atoms with E-state index >= 15 is 0 Å². The Morgan fingerprint density at radius 3 is 2.78 bits per heavy atom. The van der Waals surface area contributed by atoms with Crippen LogP contribution in [0, 0.1) is 0 Å². The molecule has 0 saturated carbocycles. The molecule has 9 heavy (non-hydrogen) atoms. The van der Waals surface area contributed by atoms with Gasteiger partial charge in [-0.05, 0) is 24.9 Å². The van der Waals surface area contributed by atoms with Crippen LogP contribution in [-0.4, -0.2) is 12.6 Å². The molecule has 1 unspecified atom stereocenters. The van der Waals surface area contributed by atoms with Crippen LogP contribution in [0.4, 0.5) is 0 Å². The average Bonchev–Trinajstić information content (AvgIpc) is 1.88. The van der Waals surface area contributed by atoms with Crippen LogP contribution in [0.3, 0.4) is 0 Å². The molecule has 0 aliphatic carbocycles. The van der Waals surface area contributed by atoms with Crippen LogP contribution in [0.25, 0.3) is 10.4 Å². The second-order valence-corrected chi connectivity index (χ2v) is 1.84. The van der Waals surface area contributed by atoms with E-state index in [1.807, 2.05) is 6.92 Å². The highest BCUT2D eigenvalue weighted by atomic mass is 15.1. The zero-order chi connectivity index (χ0) is 7.11. The van der Waals surface area contributed by atoms with Gasteiger partial charge in [0.15, 0.2) is 0 Å². The quantitative estimate of drug-likeness (QED) is 0.347. The van der Waals surface area contributed by atoms with Crippen molar-refractivity contribution in [3.05, 3.63) is 10.4 Å². The van der Waals surface area contributed by atoms with Gasteiger partial charge < -0.3 is 5.73 Å². The molecule has 52 valence electrons. The van der Waals surface area contributed by atoms with Crippen molar-refractivity contribution in [3.8, 4) is 0 Å². The fourth-order valence-corrected chi connectivity index (χ4v) is 0.609. The van der Waals surface area contributed by atoms with Crippen molar-refractivity contribution < 1.29 is 0 Å². The van der Waals surface area contributed by atoms with Crippen LogP contribution in [0.15, 0.2) is 5.11 Å². The van der Waals surface area contributed by atoms with Crippen molar-refractivity contribution in [1.82, 2.24) is 0 Å². The van der Waals surface area contributed by atoms with Crippen molar-refractivity contribution in [2.45, 2.75) is 25.8 Å². The van der Waals surface area contributed by atoms with Crippen molar-refractivity contribution in [2.75, 3.05) is 6.54 Å². The van der Waals surface area contributed by atoms with E-state index in [1.54, 1.807) is 0 Å². The lowest BCUT2D eigenvalue weighted by molar-refractivity contribution is 0.601. The van der Waals surface area contributed by atoms with Gasteiger partial charge in [0.25, 0.3) is 0 Å². The van der Waals surface area contributed by atoms with Crippen LogP contribution in [0.1, 0.15) is 19.8 Å². The summed E-state index contributed by atoms with van der Waals surface area (Å²) in [4.78, 5) is 2.69. The minimum absolute atomic E-state index is 0.0972. The summed E-state index contributed by atoms with van der Waals surface area (Å²) in [5.41, 5.74) is 13.3. The van der Waals surface area contributed by atoms with Crippen molar-refractivity contribution in [1.29, 1.82) is 0 Å². The maximum Gasteiger partial charge on any atom is 0.0383 e. The standard InChI is InChI=1S/C5H12N4/c1-2-5(3-4-6)8-9-7/h5H,2-4,6H2,1H3. The van der Waals surface area contributed by atoms with Gasteiger partial charge in [0.2, 0.25) is 0 Å². The Hall–Kier alpha value is -0.730. The van der Waals surface area contributed by atoms with Gasteiger partial charge >= 0.3 is 0 Å². The van der Waals surface area contributed by atoms with E-state index in [4.69, 9.17) is 11.3 Å². The highest BCUT2D eigenvalue weighted by Crippen LogP contribution is 2.00. The molecule has 0 radical (unpaired) electrons. The Morgan fingerprint density at radius 2 is 2.44 bits per heavy atom. The van der Waals surface area contributed by atoms with Crippen LogP contribution in [-0.2, 0) is 0 Å². The van der Waals surface area contributed by atoms with E-state index < -0.39 is 0 Å². The molecule has 4 nitrogen and oxygen atoms in total. The van der Waals surface area contributed by atoms with Gasteiger partial charge in [-0.3, -0.25) is 0 Å². The number of nitrogens with two attached hydrogens (primary N) is 1. The molecular formula is C5H12N4. The first kappa shape index (κ1) is 8.27. The molecule has 0 aromatic carbocycles. The molecule has 0 saturated heterocycles. The van der Waals surface area contributed by atoms with E-state index in [2.05, 4.69) is 10.0 Å². The van der Waals surface area contributed by atoms with Gasteiger partial charge in [-0.25, -0.2) is 0 Å². The van der Waals surface area contributed by atoms with E-state index in [-0.39, 0.29) is 6.04 Å². The second kappa shape index (κ2) is 5.41. The first-order chi connectivity index (χ1) is 4.35. The summed E-state index contributed by atoms with van der Waals surface area (Å²) in [5, 5.41) is 3.53. The molecule has 0 bridgehead atoms. The highest BCUT2D eigenvalue weighted by molar-refractivity contribution is 4.64. The van der Waals surface area contributed by atoms with Gasteiger partial charge in [0.05, 0.1) is 0 Å². The molecule has 0 aromatic heterocycles. The zero-order valence-corrected chi connectivity index (χ0v) is 5.62. The minimum Gasteiger partial charge on any atom is -0.330 e. The van der Waals surface area contributed by atoms with Crippen LogP contribution < -0.4 is 5.73 Å². The number of nitrogens with zero attached hydrogens (tertiary/aromatic N) is 3. The van der Waals surface area contributed by atoms with Crippen LogP contribution in [0.5, 0.6) is 0 Å². The van der Waals surface area contributed by atoms with Gasteiger partial charge in [-0.2, -0.15) is 0 Å². The topological polar surface area (TPSA) is 74.8 Å². The summed E-state index contributed by atoms with van der Waals surface area (Å²) in [7, 11) is 0. The fraction of sp³-hybridized carbons (Fsp3) is 1.00. The molecule has 0 aliphatic heterocycles. The molecule has 0 spiro atoms. The van der Waals surface area contributed by atoms with Crippen LogP contribution >= 0.6 is 0 Å². The van der Waals surface area contributed by atoms with E-state index in [0.29, 0.717) is 6.54 Å². The number of hydrogen-bond donors (Lipinski definition) is 1. The molecule has 0 aromatic rings.